The molecule has 3 aromatic rings. The molecule has 7 heteroatoms. The molecule has 0 aliphatic heterocycles. The number of carboxylic acid groups (broad SMARTS) is 2. The van der Waals surface area contributed by atoms with Crippen LogP contribution in [-0.4, -0.2) is 46.0 Å². The van der Waals surface area contributed by atoms with Crippen molar-refractivity contribution < 1.29 is 29.6 Å². The van der Waals surface area contributed by atoms with E-state index >= 15 is 0 Å². The first kappa shape index (κ1) is 19.6. The van der Waals surface area contributed by atoms with Gasteiger partial charge in [-0.15, -0.1) is 0 Å². The fourth-order valence-corrected chi connectivity index (χ4v) is 3.18. The molecule has 0 saturated carbocycles. The molecular weight excluding hydrogens is 362 g/mol. The van der Waals surface area contributed by atoms with Crippen molar-refractivity contribution in [2.45, 2.75) is 19.0 Å². The smallest absolute Gasteiger partial charge is 0.335 e. The first-order valence-electron chi connectivity index (χ1n) is 8.78. The number of aliphatic hydroxyl groups is 1. The van der Waals surface area contributed by atoms with Gasteiger partial charge in [-0.3, -0.25) is 5.32 Å². The lowest BCUT2D eigenvalue weighted by atomic mass is 9.94. The average Bonchev–Trinajstić information content (AvgIpc) is 2.69. The highest BCUT2D eigenvalue weighted by molar-refractivity contribution is 6.09. The number of hydrogen-bond donors (Lipinski definition) is 4. The van der Waals surface area contributed by atoms with Gasteiger partial charge in [0, 0.05) is 17.3 Å². The summed E-state index contributed by atoms with van der Waals surface area (Å²) < 4.78 is 5.80. The van der Waals surface area contributed by atoms with Gasteiger partial charge >= 0.3 is 11.9 Å². The maximum Gasteiger partial charge on any atom is 0.335 e. The molecule has 0 aliphatic rings. The monoisotopic (exact) mass is 383 g/mol. The van der Waals surface area contributed by atoms with Crippen molar-refractivity contribution in [1.82, 2.24) is 5.32 Å². The van der Waals surface area contributed by atoms with Crippen LogP contribution in [0.2, 0.25) is 0 Å². The minimum Gasteiger partial charge on any atom is -0.490 e. The third-order valence-electron chi connectivity index (χ3n) is 4.81. The molecule has 0 radical (unpaired) electrons. The number of hydrogen-bond acceptors (Lipinski definition) is 5. The standard InChI is InChI=1S/C21H21NO6/c1-21(19(24)25,20(26)27)22-12-17-13-6-2-4-8-15(13)18(28-11-10-23)16-9-5-3-7-14(16)17/h2-9,22-23H,10-12H2,1H3,(H,24,25)(H,26,27). The van der Waals surface area contributed by atoms with E-state index in [1.807, 2.05) is 48.5 Å². The van der Waals surface area contributed by atoms with Gasteiger partial charge in [0.25, 0.3) is 0 Å². The van der Waals surface area contributed by atoms with Crippen molar-refractivity contribution in [1.29, 1.82) is 0 Å². The van der Waals surface area contributed by atoms with Crippen molar-refractivity contribution in [2.24, 2.45) is 0 Å². The Morgan fingerprint density at radius 2 is 1.39 bits per heavy atom. The number of aliphatic carboxylic acids is 2. The Hall–Kier alpha value is -3.16. The Labute approximate surface area is 161 Å². The van der Waals surface area contributed by atoms with Gasteiger partial charge in [0.15, 0.2) is 0 Å². The summed E-state index contributed by atoms with van der Waals surface area (Å²) in [7, 11) is 0. The van der Waals surface area contributed by atoms with E-state index in [1.165, 1.54) is 0 Å². The van der Waals surface area contributed by atoms with E-state index in [0.29, 0.717) is 5.75 Å². The third-order valence-corrected chi connectivity index (χ3v) is 4.81. The molecule has 0 bridgehead atoms. The molecule has 3 aromatic carbocycles. The van der Waals surface area contributed by atoms with Gasteiger partial charge in [-0.2, -0.15) is 0 Å². The largest absolute Gasteiger partial charge is 0.490 e. The lowest BCUT2D eigenvalue weighted by Crippen LogP contribution is -2.55. The molecule has 0 aromatic heterocycles. The third kappa shape index (κ3) is 3.37. The number of ether oxygens (including phenoxy) is 1. The summed E-state index contributed by atoms with van der Waals surface area (Å²) in [4.78, 5) is 23.0. The number of aliphatic hydroxyl groups excluding tert-OH is 1. The van der Waals surface area contributed by atoms with Crippen LogP contribution in [0.5, 0.6) is 5.75 Å². The number of fused-ring (bicyclic) bond motifs is 2. The lowest BCUT2D eigenvalue weighted by molar-refractivity contribution is -0.158. The molecule has 0 saturated heterocycles. The summed E-state index contributed by atoms with van der Waals surface area (Å²) in [6.45, 7) is 1.18. The van der Waals surface area contributed by atoms with Crippen molar-refractivity contribution >= 4 is 33.5 Å². The van der Waals surface area contributed by atoms with Crippen LogP contribution in [0.1, 0.15) is 12.5 Å². The predicted octanol–water partition coefficient (Wildman–Crippen LogP) is 2.38. The highest BCUT2D eigenvalue weighted by Gasteiger charge is 2.41. The highest BCUT2D eigenvalue weighted by atomic mass is 16.5. The van der Waals surface area contributed by atoms with Gasteiger partial charge in [0.2, 0.25) is 5.54 Å². The molecule has 0 fully saturated rings. The van der Waals surface area contributed by atoms with Crippen LogP contribution in [0.3, 0.4) is 0 Å². The molecule has 0 unspecified atom stereocenters. The predicted molar refractivity (Wildman–Crippen MR) is 105 cm³/mol. The zero-order valence-electron chi connectivity index (χ0n) is 15.3. The fourth-order valence-electron chi connectivity index (χ4n) is 3.18. The van der Waals surface area contributed by atoms with E-state index in [0.717, 1.165) is 34.0 Å². The number of carboxylic acids is 2. The fraction of sp³-hybridized carbons (Fsp3) is 0.238. The van der Waals surface area contributed by atoms with Crippen molar-refractivity contribution in [3.63, 3.8) is 0 Å². The van der Waals surface area contributed by atoms with Crippen LogP contribution in [0.15, 0.2) is 48.5 Å². The van der Waals surface area contributed by atoms with Crippen molar-refractivity contribution in [3.8, 4) is 5.75 Å². The molecule has 0 aliphatic carbocycles. The minimum absolute atomic E-state index is 0.0381. The molecule has 0 atom stereocenters. The second kappa shape index (κ2) is 7.84. The number of carbonyl (C=O) groups is 2. The second-order valence-corrected chi connectivity index (χ2v) is 6.56. The number of benzene rings is 3. The molecule has 7 nitrogen and oxygen atoms in total. The summed E-state index contributed by atoms with van der Waals surface area (Å²) in [5.41, 5.74) is -1.34. The Bertz CT molecular complexity index is 975. The Morgan fingerprint density at radius 1 is 0.929 bits per heavy atom. The number of rotatable bonds is 8. The zero-order valence-corrected chi connectivity index (χ0v) is 15.3. The average molecular weight is 383 g/mol. The number of nitrogens with one attached hydrogen (secondary N) is 1. The van der Waals surface area contributed by atoms with Crippen LogP contribution in [-0.2, 0) is 16.1 Å². The summed E-state index contributed by atoms with van der Waals surface area (Å²) in [5, 5.41) is 33.8. The van der Waals surface area contributed by atoms with E-state index in [2.05, 4.69) is 5.32 Å². The van der Waals surface area contributed by atoms with E-state index in [4.69, 9.17) is 9.84 Å². The van der Waals surface area contributed by atoms with E-state index in [9.17, 15) is 19.8 Å². The van der Waals surface area contributed by atoms with Crippen LogP contribution in [0, 0.1) is 0 Å². The first-order valence-corrected chi connectivity index (χ1v) is 8.78. The molecule has 0 spiro atoms. The highest BCUT2D eigenvalue weighted by Crippen LogP contribution is 2.38. The molecule has 3 rings (SSSR count). The van der Waals surface area contributed by atoms with Gasteiger partial charge in [0.1, 0.15) is 12.4 Å². The first-order chi connectivity index (χ1) is 13.4. The van der Waals surface area contributed by atoms with Gasteiger partial charge in [-0.1, -0.05) is 48.5 Å². The van der Waals surface area contributed by atoms with Crippen LogP contribution in [0.25, 0.3) is 21.5 Å². The molecular formula is C21H21NO6. The van der Waals surface area contributed by atoms with Crippen molar-refractivity contribution in [2.75, 3.05) is 13.2 Å². The van der Waals surface area contributed by atoms with Gasteiger partial charge in [0.05, 0.1) is 6.61 Å². The SMILES string of the molecule is CC(NCc1c2ccccc2c(OCCO)c2ccccc12)(C(=O)O)C(=O)O. The maximum absolute atomic E-state index is 11.5. The maximum atomic E-state index is 11.5. The summed E-state index contributed by atoms with van der Waals surface area (Å²) >= 11 is 0. The summed E-state index contributed by atoms with van der Waals surface area (Å²) in [6, 6.07) is 14.9. The van der Waals surface area contributed by atoms with Crippen LogP contribution in [0.4, 0.5) is 0 Å². The zero-order chi connectivity index (χ0) is 20.3. The second-order valence-electron chi connectivity index (χ2n) is 6.56. The van der Waals surface area contributed by atoms with Crippen LogP contribution >= 0.6 is 0 Å². The van der Waals surface area contributed by atoms with E-state index in [1.54, 1.807) is 0 Å². The topological polar surface area (TPSA) is 116 Å². The van der Waals surface area contributed by atoms with Crippen LogP contribution < -0.4 is 10.1 Å². The normalized spacial score (nSPS) is 11.6. The van der Waals surface area contributed by atoms with Gasteiger partial charge in [-0.05, 0) is 23.3 Å². The molecule has 4 N–H and O–H groups in total. The summed E-state index contributed by atoms with van der Waals surface area (Å²) in [6.07, 6.45) is 0. The van der Waals surface area contributed by atoms with Crippen molar-refractivity contribution in [3.05, 3.63) is 54.1 Å². The Morgan fingerprint density at radius 3 is 1.82 bits per heavy atom. The van der Waals surface area contributed by atoms with E-state index in [-0.39, 0.29) is 19.8 Å². The minimum atomic E-state index is -2.12. The molecule has 28 heavy (non-hydrogen) atoms. The van der Waals surface area contributed by atoms with Gasteiger partial charge in [-0.25, -0.2) is 9.59 Å². The molecule has 0 heterocycles. The Kier molecular flexibility index (Phi) is 5.48. The molecule has 146 valence electrons. The quantitative estimate of drug-likeness (QED) is 0.349. The lowest BCUT2D eigenvalue weighted by Gasteiger charge is -2.23. The van der Waals surface area contributed by atoms with Gasteiger partial charge < -0.3 is 20.1 Å². The summed E-state index contributed by atoms with van der Waals surface area (Å²) in [5.74, 6) is -2.30. The van der Waals surface area contributed by atoms with E-state index < -0.39 is 17.5 Å². The Balaban J connectivity index is 2.19. The molecule has 0 amide bonds.